The smallest absolute Gasteiger partial charge is 0.408 e. The fraction of sp³-hybridized carbons (Fsp3) is 0.250. The number of nitrogens with two attached hydrogens (primary N) is 1. The Hall–Kier alpha value is -1.54. The molecule has 94 valence electrons. The molecule has 3 N–H and O–H groups in total. The number of hydrogen-bond donors (Lipinski definition) is 2. The Bertz CT molecular complexity index is 439. The number of primary amides is 1. The number of pyridine rings is 1. The molecule has 1 aromatic heterocycles. The number of aliphatic hydroxyl groups excluding tert-OH is 1. The minimum Gasteiger partial charge on any atom is -0.408 e. The molecule has 0 aliphatic carbocycles. The molecular weight excluding hydrogens is 265 g/mol. The van der Waals surface area contributed by atoms with Crippen molar-refractivity contribution in [3.8, 4) is 5.75 Å². The average Bonchev–Trinajstić information content (AvgIpc) is 2.17. The normalized spacial score (nSPS) is 13.2. The van der Waals surface area contributed by atoms with Crippen molar-refractivity contribution >= 4 is 17.7 Å². The summed E-state index contributed by atoms with van der Waals surface area (Å²) in [6, 6.07) is 2.04. The maximum atomic E-state index is 12.3. The Morgan fingerprint density at radius 2 is 2.12 bits per heavy atom. The largest absolute Gasteiger partial charge is 0.420 e. The highest BCUT2D eigenvalue weighted by Crippen LogP contribution is 2.36. The van der Waals surface area contributed by atoms with E-state index >= 15 is 0 Å². The lowest BCUT2D eigenvalue weighted by Crippen LogP contribution is -2.24. The summed E-state index contributed by atoms with van der Waals surface area (Å²) >= 11 is 5.39. The summed E-state index contributed by atoms with van der Waals surface area (Å²) in [6.45, 7) is 0. The van der Waals surface area contributed by atoms with Crippen LogP contribution in [0.3, 0.4) is 0 Å². The molecule has 1 heterocycles. The van der Waals surface area contributed by atoms with Gasteiger partial charge < -0.3 is 15.6 Å². The van der Waals surface area contributed by atoms with Gasteiger partial charge in [-0.15, -0.1) is 0 Å². The van der Waals surface area contributed by atoms with Crippen LogP contribution in [0.2, 0.25) is 5.15 Å². The summed E-state index contributed by atoms with van der Waals surface area (Å²) in [4.78, 5) is 13.7. The van der Waals surface area contributed by atoms with Gasteiger partial charge in [0.05, 0.1) is 0 Å². The van der Waals surface area contributed by atoms with Crippen LogP contribution in [0.25, 0.3) is 0 Å². The van der Waals surface area contributed by atoms with Crippen LogP contribution in [0, 0.1) is 0 Å². The van der Waals surface area contributed by atoms with Crippen molar-refractivity contribution in [3.05, 3.63) is 23.0 Å². The average molecular weight is 271 g/mol. The zero-order chi connectivity index (χ0) is 13.2. The van der Waals surface area contributed by atoms with Gasteiger partial charge >= 0.3 is 12.3 Å². The SMILES string of the molecule is NC(=O)Oc1ccc(Cl)nc1C(O)C(F)(F)F. The number of halogens is 4. The van der Waals surface area contributed by atoms with Crippen molar-refractivity contribution in [1.82, 2.24) is 4.98 Å². The number of rotatable bonds is 2. The first-order chi connectivity index (χ1) is 7.71. The Labute approximate surface area is 98.0 Å². The number of amides is 1. The molecule has 0 aliphatic heterocycles. The second-order valence-electron chi connectivity index (χ2n) is 2.88. The maximum Gasteiger partial charge on any atom is 0.420 e. The molecule has 1 unspecified atom stereocenters. The number of alkyl halides is 3. The van der Waals surface area contributed by atoms with Crippen LogP contribution in [0.5, 0.6) is 5.75 Å². The van der Waals surface area contributed by atoms with Crippen molar-refractivity contribution in [2.75, 3.05) is 0 Å². The predicted octanol–water partition coefficient (Wildman–Crippen LogP) is 1.79. The number of carbonyl (C=O) groups excluding carboxylic acids is 1. The Kier molecular flexibility index (Phi) is 3.79. The van der Waals surface area contributed by atoms with Gasteiger partial charge in [0.1, 0.15) is 10.8 Å². The molecule has 0 aliphatic rings. The number of hydrogen-bond acceptors (Lipinski definition) is 4. The quantitative estimate of drug-likeness (QED) is 0.802. The summed E-state index contributed by atoms with van der Waals surface area (Å²) in [5.74, 6) is -0.605. The molecule has 17 heavy (non-hydrogen) atoms. The van der Waals surface area contributed by atoms with Gasteiger partial charge in [-0.3, -0.25) is 0 Å². The molecular formula is C8H6ClF3N2O3. The first-order valence-corrected chi connectivity index (χ1v) is 4.48. The molecule has 9 heteroatoms. The molecule has 1 rings (SSSR count). The topological polar surface area (TPSA) is 85.4 Å². The fourth-order valence-corrected chi connectivity index (χ4v) is 1.14. The monoisotopic (exact) mass is 270 g/mol. The van der Waals surface area contributed by atoms with Crippen molar-refractivity contribution in [2.45, 2.75) is 12.3 Å². The third-order valence-corrected chi connectivity index (χ3v) is 1.84. The second kappa shape index (κ2) is 4.76. The number of carbonyl (C=O) groups is 1. The summed E-state index contributed by atoms with van der Waals surface area (Å²) in [5.41, 5.74) is 3.73. The van der Waals surface area contributed by atoms with E-state index in [1.807, 2.05) is 0 Å². The van der Waals surface area contributed by atoms with Crippen LogP contribution < -0.4 is 10.5 Å². The number of nitrogens with zero attached hydrogens (tertiary/aromatic N) is 1. The van der Waals surface area contributed by atoms with Crippen LogP contribution in [0.15, 0.2) is 12.1 Å². The Balaban J connectivity index is 3.19. The lowest BCUT2D eigenvalue weighted by atomic mass is 10.2. The highest BCUT2D eigenvalue weighted by molar-refractivity contribution is 6.29. The second-order valence-corrected chi connectivity index (χ2v) is 3.27. The zero-order valence-electron chi connectivity index (χ0n) is 8.03. The molecule has 0 bridgehead atoms. The molecule has 1 amide bonds. The van der Waals surface area contributed by atoms with Gasteiger partial charge in [0.15, 0.2) is 11.9 Å². The molecule has 0 saturated heterocycles. The summed E-state index contributed by atoms with van der Waals surface area (Å²) < 4.78 is 41.1. The van der Waals surface area contributed by atoms with Crippen LogP contribution >= 0.6 is 11.6 Å². The summed E-state index contributed by atoms with van der Waals surface area (Å²) in [7, 11) is 0. The lowest BCUT2D eigenvalue weighted by Gasteiger charge is -2.16. The molecule has 1 aromatic rings. The minimum absolute atomic E-state index is 0.292. The van der Waals surface area contributed by atoms with Crippen LogP contribution in [-0.4, -0.2) is 22.4 Å². The van der Waals surface area contributed by atoms with Gasteiger partial charge in [-0.2, -0.15) is 13.2 Å². The number of aliphatic hydroxyl groups is 1. The van der Waals surface area contributed by atoms with Crippen molar-refractivity contribution < 1.29 is 27.8 Å². The number of ether oxygens (including phenoxy) is 1. The molecule has 0 saturated carbocycles. The highest BCUT2D eigenvalue weighted by Gasteiger charge is 2.42. The van der Waals surface area contributed by atoms with Crippen molar-refractivity contribution in [1.29, 1.82) is 0 Å². The molecule has 5 nitrogen and oxygen atoms in total. The van der Waals surface area contributed by atoms with E-state index in [0.29, 0.717) is 0 Å². The van der Waals surface area contributed by atoms with Crippen LogP contribution in [-0.2, 0) is 0 Å². The van der Waals surface area contributed by atoms with E-state index in [1.165, 1.54) is 0 Å². The Morgan fingerprint density at radius 3 is 2.59 bits per heavy atom. The van der Waals surface area contributed by atoms with Crippen LogP contribution in [0.1, 0.15) is 11.8 Å². The Morgan fingerprint density at radius 1 is 1.53 bits per heavy atom. The van der Waals surface area contributed by atoms with E-state index in [4.69, 9.17) is 16.7 Å². The van der Waals surface area contributed by atoms with Crippen molar-refractivity contribution in [2.24, 2.45) is 5.73 Å². The van der Waals surface area contributed by atoms with E-state index in [-0.39, 0.29) is 5.15 Å². The van der Waals surface area contributed by atoms with E-state index in [9.17, 15) is 18.0 Å². The fourth-order valence-electron chi connectivity index (χ4n) is 0.983. The molecule has 0 fully saturated rings. The van der Waals surface area contributed by atoms with Gasteiger partial charge in [0.2, 0.25) is 0 Å². The third kappa shape index (κ3) is 3.46. The van der Waals surface area contributed by atoms with Gasteiger partial charge in [-0.25, -0.2) is 9.78 Å². The van der Waals surface area contributed by atoms with Crippen molar-refractivity contribution in [3.63, 3.8) is 0 Å². The minimum atomic E-state index is -4.96. The molecule has 0 aromatic carbocycles. The summed E-state index contributed by atoms with van der Waals surface area (Å²) in [5, 5.41) is 8.71. The van der Waals surface area contributed by atoms with E-state index in [2.05, 4.69) is 15.5 Å². The first kappa shape index (κ1) is 13.5. The zero-order valence-corrected chi connectivity index (χ0v) is 8.79. The molecule has 0 radical (unpaired) electrons. The van der Waals surface area contributed by atoms with Gasteiger partial charge in [0.25, 0.3) is 0 Å². The van der Waals surface area contributed by atoms with Crippen LogP contribution in [0.4, 0.5) is 18.0 Å². The highest BCUT2D eigenvalue weighted by atomic mass is 35.5. The van der Waals surface area contributed by atoms with Gasteiger partial charge in [-0.1, -0.05) is 11.6 Å². The van der Waals surface area contributed by atoms with E-state index in [1.54, 1.807) is 0 Å². The first-order valence-electron chi connectivity index (χ1n) is 4.10. The molecule has 0 spiro atoms. The summed E-state index contributed by atoms with van der Waals surface area (Å²) in [6.07, 6.45) is -9.21. The molecule has 1 atom stereocenters. The standard InChI is InChI=1S/C8H6ClF3N2O3/c9-4-2-1-3(17-7(13)16)5(14-4)6(15)8(10,11)12/h1-2,6,15H,(H2,13,16). The maximum absolute atomic E-state index is 12.3. The van der Waals surface area contributed by atoms with Gasteiger partial charge in [0, 0.05) is 0 Å². The van der Waals surface area contributed by atoms with E-state index in [0.717, 1.165) is 12.1 Å². The number of aromatic nitrogens is 1. The third-order valence-electron chi connectivity index (χ3n) is 1.63. The lowest BCUT2D eigenvalue weighted by molar-refractivity contribution is -0.208. The van der Waals surface area contributed by atoms with Gasteiger partial charge in [-0.05, 0) is 12.1 Å². The predicted molar refractivity (Wildman–Crippen MR) is 50.5 cm³/mol. The van der Waals surface area contributed by atoms with E-state index < -0.39 is 29.8 Å².